The van der Waals surface area contributed by atoms with Crippen LogP contribution in [-0.4, -0.2) is 49.6 Å². The van der Waals surface area contributed by atoms with Crippen LogP contribution in [0, 0.1) is 13.8 Å². The molecular formula is C21H22N4O3. The third-order valence-electron chi connectivity index (χ3n) is 5.35. The normalized spacial score (nSPS) is 17.1. The molecule has 0 spiro atoms. The molecular weight excluding hydrogens is 356 g/mol. The minimum Gasteiger partial charge on any atom is -0.478 e. The minimum absolute atomic E-state index is 0.0562. The van der Waals surface area contributed by atoms with Crippen LogP contribution in [0.15, 0.2) is 36.5 Å². The lowest BCUT2D eigenvalue weighted by atomic mass is 9.90. The number of carbonyl (C=O) groups excluding carboxylic acids is 1. The van der Waals surface area contributed by atoms with Crippen LogP contribution >= 0.6 is 0 Å². The molecule has 1 aromatic carbocycles. The summed E-state index contributed by atoms with van der Waals surface area (Å²) in [4.78, 5) is 30.6. The monoisotopic (exact) mass is 378 g/mol. The van der Waals surface area contributed by atoms with Gasteiger partial charge in [0.1, 0.15) is 5.56 Å². The lowest BCUT2D eigenvalue weighted by Gasteiger charge is -2.33. The summed E-state index contributed by atoms with van der Waals surface area (Å²) in [6.07, 6.45) is 3.48. The Hall–Kier alpha value is -3.22. The highest BCUT2D eigenvalue weighted by Gasteiger charge is 2.28. The Kier molecular flexibility index (Phi) is 4.58. The largest absolute Gasteiger partial charge is 0.478 e. The van der Waals surface area contributed by atoms with Crippen molar-refractivity contribution in [2.75, 3.05) is 13.1 Å². The van der Waals surface area contributed by atoms with Gasteiger partial charge in [0.25, 0.3) is 5.91 Å². The summed E-state index contributed by atoms with van der Waals surface area (Å²) in [7, 11) is 0. The molecule has 4 rings (SSSR count). The third kappa shape index (κ3) is 3.24. The fraction of sp³-hybridized carbons (Fsp3) is 0.333. The zero-order chi connectivity index (χ0) is 19.8. The first-order chi connectivity index (χ1) is 13.4. The van der Waals surface area contributed by atoms with Crippen molar-refractivity contribution in [1.82, 2.24) is 19.5 Å². The van der Waals surface area contributed by atoms with Crippen molar-refractivity contribution in [2.24, 2.45) is 0 Å². The lowest BCUT2D eigenvalue weighted by Crippen LogP contribution is -2.39. The molecule has 0 bridgehead atoms. The van der Waals surface area contributed by atoms with Gasteiger partial charge in [0, 0.05) is 30.4 Å². The van der Waals surface area contributed by atoms with Gasteiger partial charge >= 0.3 is 5.97 Å². The SMILES string of the molecule is Cc1cc(C)n2ncc(C(=O)N3CCC[C@H](c4ccc(C(=O)O)cc4)C3)c2n1. The number of carboxylic acid groups (broad SMARTS) is 1. The Bertz CT molecular complexity index is 1060. The maximum absolute atomic E-state index is 13.2. The summed E-state index contributed by atoms with van der Waals surface area (Å²) in [5, 5.41) is 13.4. The van der Waals surface area contributed by atoms with Crippen molar-refractivity contribution >= 4 is 17.5 Å². The maximum Gasteiger partial charge on any atom is 0.335 e. The third-order valence-corrected chi connectivity index (χ3v) is 5.35. The maximum atomic E-state index is 13.2. The number of carboxylic acids is 1. The highest BCUT2D eigenvalue weighted by molar-refractivity contribution is 5.99. The second-order valence-corrected chi connectivity index (χ2v) is 7.35. The van der Waals surface area contributed by atoms with Gasteiger partial charge < -0.3 is 10.0 Å². The predicted molar refractivity (Wildman–Crippen MR) is 104 cm³/mol. The molecule has 1 aliphatic rings. The second kappa shape index (κ2) is 7.07. The van der Waals surface area contributed by atoms with Crippen molar-refractivity contribution in [3.63, 3.8) is 0 Å². The predicted octanol–water partition coefficient (Wildman–Crippen LogP) is 3.06. The number of piperidine rings is 1. The Morgan fingerprint density at radius 1 is 1.18 bits per heavy atom. The van der Waals surface area contributed by atoms with E-state index >= 15 is 0 Å². The van der Waals surface area contributed by atoms with Gasteiger partial charge in [0.05, 0.1) is 11.8 Å². The van der Waals surface area contributed by atoms with Gasteiger partial charge in [-0.3, -0.25) is 4.79 Å². The second-order valence-electron chi connectivity index (χ2n) is 7.35. The standard InChI is InChI=1S/C21H22N4O3/c1-13-10-14(2)25-19(23-13)18(11-22-25)20(26)24-9-3-4-17(12-24)15-5-7-16(8-6-15)21(27)28/h5-8,10-11,17H,3-4,9,12H2,1-2H3,(H,27,28)/t17-/m0/s1. The smallest absolute Gasteiger partial charge is 0.335 e. The van der Waals surface area contributed by atoms with E-state index in [2.05, 4.69) is 10.1 Å². The van der Waals surface area contributed by atoms with E-state index < -0.39 is 5.97 Å². The molecule has 2 aromatic heterocycles. The van der Waals surface area contributed by atoms with Crippen molar-refractivity contribution < 1.29 is 14.7 Å². The van der Waals surface area contributed by atoms with Crippen LogP contribution in [-0.2, 0) is 0 Å². The highest BCUT2D eigenvalue weighted by Crippen LogP contribution is 2.28. The molecule has 1 fully saturated rings. The van der Waals surface area contributed by atoms with Gasteiger partial charge in [-0.1, -0.05) is 12.1 Å². The number of fused-ring (bicyclic) bond motifs is 1. The van der Waals surface area contributed by atoms with Gasteiger partial charge in [-0.05, 0) is 50.5 Å². The molecule has 1 amide bonds. The molecule has 0 saturated carbocycles. The highest BCUT2D eigenvalue weighted by atomic mass is 16.4. The fourth-order valence-electron chi connectivity index (χ4n) is 3.92. The number of aryl methyl sites for hydroxylation is 2. The molecule has 1 N–H and O–H groups in total. The molecule has 7 heteroatoms. The molecule has 0 unspecified atom stereocenters. The van der Waals surface area contributed by atoms with Crippen molar-refractivity contribution in [1.29, 1.82) is 0 Å². The summed E-state index contributed by atoms with van der Waals surface area (Å²) in [6.45, 7) is 5.16. The van der Waals surface area contributed by atoms with Gasteiger partial charge in [-0.2, -0.15) is 5.10 Å². The quantitative estimate of drug-likeness (QED) is 0.757. The number of hydrogen-bond donors (Lipinski definition) is 1. The summed E-state index contributed by atoms with van der Waals surface area (Å²) in [5.41, 5.74) is 4.25. The van der Waals surface area contributed by atoms with Crippen LogP contribution in [0.2, 0.25) is 0 Å². The van der Waals surface area contributed by atoms with E-state index in [1.165, 1.54) is 0 Å². The first-order valence-electron chi connectivity index (χ1n) is 9.38. The van der Waals surface area contributed by atoms with Crippen LogP contribution in [0.1, 0.15) is 56.4 Å². The van der Waals surface area contributed by atoms with E-state index in [4.69, 9.17) is 5.11 Å². The molecule has 1 saturated heterocycles. The molecule has 1 atom stereocenters. The van der Waals surface area contributed by atoms with Gasteiger partial charge in [0.15, 0.2) is 5.65 Å². The minimum atomic E-state index is -0.932. The molecule has 7 nitrogen and oxygen atoms in total. The molecule has 3 aromatic rings. The number of hydrogen-bond acceptors (Lipinski definition) is 4. The van der Waals surface area contributed by atoms with Gasteiger partial charge in [-0.25, -0.2) is 14.3 Å². The van der Waals surface area contributed by atoms with E-state index in [1.54, 1.807) is 22.8 Å². The Balaban J connectivity index is 1.58. The van der Waals surface area contributed by atoms with Crippen molar-refractivity contribution in [2.45, 2.75) is 32.6 Å². The van der Waals surface area contributed by atoms with E-state index in [9.17, 15) is 9.59 Å². The van der Waals surface area contributed by atoms with Crippen molar-refractivity contribution in [3.8, 4) is 0 Å². The van der Waals surface area contributed by atoms with Gasteiger partial charge in [-0.15, -0.1) is 0 Å². The first kappa shape index (κ1) is 18.2. The zero-order valence-corrected chi connectivity index (χ0v) is 15.9. The molecule has 28 heavy (non-hydrogen) atoms. The zero-order valence-electron chi connectivity index (χ0n) is 15.9. The molecule has 144 valence electrons. The summed E-state index contributed by atoms with van der Waals surface area (Å²) >= 11 is 0. The Labute approximate surface area is 162 Å². The number of benzene rings is 1. The number of aromatic nitrogens is 3. The van der Waals surface area contributed by atoms with Crippen LogP contribution in [0.3, 0.4) is 0 Å². The molecule has 0 radical (unpaired) electrons. The number of rotatable bonds is 3. The van der Waals surface area contributed by atoms with E-state index in [1.807, 2.05) is 36.9 Å². The molecule has 3 heterocycles. The number of amides is 1. The fourth-order valence-corrected chi connectivity index (χ4v) is 3.92. The summed E-state index contributed by atoms with van der Waals surface area (Å²) < 4.78 is 1.70. The summed E-state index contributed by atoms with van der Waals surface area (Å²) in [5.74, 6) is -0.795. The average molecular weight is 378 g/mol. The van der Waals surface area contributed by atoms with Crippen LogP contribution in [0.4, 0.5) is 0 Å². The van der Waals surface area contributed by atoms with Crippen LogP contribution in [0.25, 0.3) is 5.65 Å². The van der Waals surface area contributed by atoms with Crippen LogP contribution in [0.5, 0.6) is 0 Å². The molecule has 0 aliphatic carbocycles. The van der Waals surface area contributed by atoms with Gasteiger partial charge in [0.2, 0.25) is 0 Å². The topological polar surface area (TPSA) is 87.8 Å². The average Bonchev–Trinajstić information content (AvgIpc) is 3.11. The van der Waals surface area contributed by atoms with Crippen LogP contribution < -0.4 is 0 Å². The van der Waals surface area contributed by atoms with E-state index in [-0.39, 0.29) is 17.4 Å². The molecule has 1 aliphatic heterocycles. The Morgan fingerprint density at radius 3 is 2.64 bits per heavy atom. The first-order valence-corrected chi connectivity index (χ1v) is 9.38. The van der Waals surface area contributed by atoms with Crippen molar-refractivity contribution in [3.05, 3.63) is 64.6 Å². The Morgan fingerprint density at radius 2 is 1.93 bits per heavy atom. The summed E-state index contributed by atoms with van der Waals surface area (Å²) in [6, 6.07) is 8.89. The van der Waals surface area contributed by atoms with E-state index in [0.717, 1.165) is 29.8 Å². The lowest BCUT2D eigenvalue weighted by molar-refractivity contribution is 0.0694. The van der Waals surface area contributed by atoms with E-state index in [0.29, 0.717) is 24.3 Å². The number of carbonyl (C=O) groups is 2. The number of likely N-dealkylation sites (tertiary alicyclic amines) is 1. The number of aromatic carboxylic acids is 1. The number of nitrogens with zero attached hydrogens (tertiary/aromatic N) is 4.